The third kappa shape index (κ3) is 3.29. The molecule has 0 saturated carbocycles. The Morgan fingerprint density at radius 3 is 2.61 bits per heavy atom. The van der Waals surface area contributed by atoms with Gasteiger partial charge in [-0.1, -0.05) is 36.4 Å². The van der Waals surface area contributed by atoms with Gasteiger partial charge in [0.05, 0.1) is 4.90 Å². The molecule has 4 rings (SSSR count). The molecule has 3 aromatic rings. The van der Waals surface area contributed by atoms with Gasteiger partial charge < -0.3 is 4.90 Å². The lowest BCUT2D eigenvalue weighted by Crippen LogP contribution is -2.30. The topological polar surface area (TPSA) is 40.6 Å². The number of hydrogen-bond acceptors (Lipinski definition) is 3. The van der Waals surface area contributed by atoms with Gasteiger partial charge >= 0.3 is 0 Å². The average Bonchev–Trinajstić information content (AvgIpc) is 2.69. The van der Waals surface area contributed by atoms with Crippen LogP contribution in [-0.2, 0) is 23.0 Å². The summed E-state index contributed by atoms with van der Waals surface area (Å²) in [7, 11) is -0.260. The molecule has 0 spiro atoms. The number of anilines is 1. The van der Waals surface area contributed by atoms with E-state index in [1.54, 1.807) is 20.2 Å². The Labute approximate surface area is 167 Å². The molecule has 146 valence electrons. The van der Waals surface area contributed by atoms with E-state index in [0.717, 1.165) is 37.2 Å². The van der Waals surface area contributed by atoms with Gasteiger partial charge in [-0.25, -0.2) is 12.7 Å². The van der Waals surface area contributed by atoms with E-state index in [4.69, 9.17) is 0 Å². The molecule has 4 nitrogen and oxygen atoms in total. The fraction of sp³-hybridized carbons (Fsp3) is 0.304. The van der Waals surface area contributed by atoms with E-state index in [1.807, 2.05) is 12.1 Å². The highest BCUT2D eigenvalue weighted by atomic mass is 32.2. The maximum Gasteiger partial charge on any atom is 0.242 e. The van der Waals surface area contributed by atoms with Gasteiger partial charge in [0, 0.05) is 32.9 Å². The SMILES string of the molecule is Cc1ccc2ccccc2c1CN1CCCc2cc(S(=O)(=O)N(C)C)ccc21. The molecule has 0 fully saturated rings. The second kappa shape index (κ2) is 7.22. The molecular weight excluding hydrogens is 368 g/mol. The molecule has 0 radical (unpaired) electrons. The summed E-state index contributed by atoms with van der Waals surface area (Å²) in [6, 6.07) is 18.4. The third-order valence-electron chi connectivity index (χ3n) is 5.67. The number of hydrogen-bond donors (Lipinski definition) is 0. The molecule has 0 N–H and O–H groups in total. The van der Waals surface area contributed by atoms with Gasteiger partial charge in [0.25, 0.3) is 0 Å². The van der Waals surface area contributed by atoms with Crippen LogP contribution in [0.5, 0.6) is 0 Å². The molecule has 1 aliphatic heterocycles. The van der Waals surface area contributed by atoms with Crippen LogP contribution in [0.3, 0.4) is 0 Å². The van der Waals surface area contributed by atoms with Crippen molar-refractivity contribution < 1.29 is 8.42 Å². The summed E-state index contributed by atoms with van der Waals surface area (Å²) in [4.78, 5) is 2.76. The average molecular weight is 395 g/mol. The van der Waals surface area contributed by atoms with Gasteiger partial charge in [-0.3, -0.25) is 0 Å². The Morgan fingerprint density at radius 1 is 1.04 bits per heavy atom. The Bertz CT molecular complexity index is 1140. The number of benzene rings is 3. The molecule has 0 bridgehead atoms. The molecule has 3 aromatic carbocycles. The van der Waals surface area contributed by atoms with Crippen molar-refractivity contribution >= 4 is 26.5 Å². The smallest absolute Gasteiger partial charge is 0.242 e. The highest BCUT2D eigenvalue weighted by molar-refractivity contribution is 7.89. The quantitative estimate of drug-likeness (QED) is 0.660. The first-order chi connectivity index (χ1) is 13.4. The molecule has 0 saturated heterocycles. The number of sulfonamides is 1. The molecule has 1 heterocycles. The highest BCUT2D eigenvalue weighted by Gasteiger charge is 2.23. The minimum absolute atomic E-state index is 0.374. The third-order valence-corrected chi connectivity index (χ3v) is 7.48. The lowest BCUT2D eigenvalue weighted by atomic mass is 9.97. The van der Waals surface area contributed by atoms with Crippen LogP contribution in [0.15, 0.2) is 59.5 Å². The van der Waals surface area contributed by atoms with Crippen LogP contribution in [0.1, 0.15) is 23.1 Å². The number of fused-ring (bicyclic) bond motifs is 2. The van der Waals surface area contributed by atoms with Crippen LogP contribution in [-0.4, -0.2) is 33.4 Å². The monoisotopic (exact) mass is 394 g/mol. The molecule has 0 aliphatic carbocycles. The Balaban J connectivity index is 1.73. The van der Waals surface area contributed by atoms with Crippen LogP contribution >= 0.6 is 0 Å². The van der Waals surface area contributed by atoms with Crippen molar-refractivity contribution in [1.82, 2.24) is 4.31 Å². The maximum absolute atomic E-state index is 12.5. The Morgan fingerprint density at radius 2 is 1.82 bits per heavy atom. The van der Waals surface area contributed by atoms with E-state index < -0.39 is 10.0 Å². The van der Waals surface area contributed by atoms with Crippen molar-refractivity contribution in [3.63, 3.8) is 0 Å². The minimum atomic E-state index is -3.41. The van der Waals surface area contributed by atoms with Crippen molar-refractivity contribution in [3.05, 3.63) is 71.3 Å². The van der Waals surface area contributed by atoms with Gasteiger partial charge in [-0.2, -0.15) is 0 Å². The van der Waals surface area contributed by atoms with Crippen molar-refractivity contribution in [1.29, 1.82) is 0 Å². The summed E-state index contributed by atoms with van der Waals surface area (Å²) in [5.74, 6) is 0. The number of rotatable bonds is 4. The highest BCUT2D eigenvalue weighted by Crippen LogP contribution is 2.33. The fourth-order valence-corrected chi connectivity index (χ4v) is 4.99. The summed E-state index contributed by atoms with van der Waals surface area (Å²) in [6.07, 6.45) is 1.94. The van der Waals surface area contributed by atoms with Crippen molar-refractivity contribution in [2.45, 2.75) is 31.2 Å². The van der Waals surface area contributed by atoms with Gasteiger partial charge in [0.2, 0.25) is 10.0 Å². The number of nitrogens with zero attached hydrogens (tertiary/aromatic N) is 2. The second-order valence-electron chi connectivity index (χ2n) is 7.69. The molecule has 1 aliphatic rings. The summed E-state index contributed by atoms with van der Waals surface area (Å²) < 4.78 is 26.3. The zero-order chi connectivity index (χ0) is 19.9. The first-order valence-corrected chi connectivity index (χ1v) is 11.1. The van der Waals surface area contributed by atoms with Crippen LogP contribution < -0.4 is 4.90 Å². The predicted molar refractivity (Wildman–Crippen MR) is 115 cm³/mol. The first-order valence-electron chi connectivity index (χ1n) is 9.65. The van der Waals surface area contributed by atoms with Gasteiger partial charge in [-0.05, 0) is 65.4 Å². The zero-order valence-electron chi connectivity index (χ0n) is 16.6. The normalized spacial score (nSPS) is 14.5. The predicted octanol–water partition coefficient (Wildman–Crippen LogP) is 4.35. The van der Waals surface area contributed by atoms with Gasteiger partial charge in [-0.15, -0.1) is 0 Å². The largest absolute Gasteiger partial charge is 0.367 e. The first kappa shape index (κ1) is 19.0. The summed E-state index contributed by atoms with van der Waals surface area (Å²) >= 11 is 0. The Kier molecular flexibility index (Phi) is 4.89. The van der Waals surface area contributed by atoms with E-state index in [-0.39, 0.29) is 0 Å². The standard InChI is InChI=1S/C23H26N2O2S/c1-17-10-11-18-7-4-5-9-21(18)22(17)16-25-14-6-8-19-15-20(12-13-23(19)25)28(26,27)24(2)3/h4-5,7,9-13,15H,6,8,14,16H2,1-3H3. The lowest BCUT2D eigenvalue weighted by Gasteiger charge is -2.32. The second-order valence-corrected chi connectivity index (χ2v) is 9.84. The molecule has 0 aromatic heterocycles. The molecule has 0 unspecified atom stereocenters. The lowest BCUT2D eigenvalue weighted by molar-refractivity contribution is 0.520. The van der Waals surface area contributed by atoms with E-state index in [2.05, 4.69) is 48.2 Å². The van der Waals surface area contributed by atoms with Crippen LogP contribution in [0.25, 0.3) is 10.8 Å². The Hall–Kier alpha value is -2.37. The summed E-state index contributed by atoms with van der Waals surface area (Å²) in [5.41, 5.74) is 4.90. The fourth-order valence-electron chi connectivity index (χ4n) is 4.03. The van der Waals surface area contributed by atoms with E-state index in [0.29, 0.717) is 4.90 Å². The molecule has 0 atom stereocenters. The molecule has 5 heteroatoms. The van der Waals surface area contributed by atoms with Crippen molar-refractivity contribution in [2.75, 3.05) is 25.5 Å². The summed E-state index contributed by atoms with van der Waals surface area (Å²) in [5, 5.41) is 2.55. The van der Waals surface area contributed by atoms with E-state index in [1.165, 1.54) is 26.2 Å². The van der Waals surface area contributed by atoms with Crippen molar-refractivity contribution in [2.24, 2.45) is 0 Å². The van der Waals surface area contributed by atoms with Gasteiger partial charge in [0.15, 0.2) is 0 Å². The minimum Gasteiger partial charge on any atom is -0.367 e. The molecular formula is C23H26N2O2S. The van der Waals surface area contributed by atoms with Crippen LogP contribution in [0, 0.1) is 6.92 Å². The van der Waals surface area contributed by atoms with Gasteiger partial charge in [0.1, 0.15) is 0 Å². The maximum atomic E-state index is 12.5. The molecule has 28 heavy (non-hydrogen) atoms. The van der Waals surface area contributed by atoms with E-state index in [9.17, 15) is 8.42 Å². The number of aryl methyl sites for hydroxylation is 2. The van der Waals surface area contributed by atoms with Crippen molar-refractivity contribution in [3.8, 4) is 0 Å². The van der Waals surface area contributed by atoms with E-state index >= 15 is 0 Å². The van der Waals surface area contributed by atoms with Crippen LogP contribution in [0.4, 0.5) is 5.69 Å². The zero-order valence-corrected chi connectivity index (χ0v) is 17.5. The summed E-state index contributed by atoms with van der Waals surface area (Å²) in [6.45, 7) is 3.98. The van der Waals surface area contributed by atoms with Crippen LogP contribution in [0.2, 0.25) is 0 Å². The molecule has 0 amide bonds.